The highest BCUT2D eigenvalue weighted by atomic mass is 16.4. The number of ketones is 1. The van der Waals surface area contributed by atoms with Gasteiger partial charge in [0.05, 0.1) is 6.04 Å². The number of carbonyl (C=O) groups is 2. The fourth-order valence-electron chi connectivity index (χ4n) is 4.29. The number of phenolic OH excluding ortho intramolecular Hbond substituents is 1. The van der Waals surface area contributed by atoms with Gasteiger partial charge < -0.3 is 20.4 Å². The molecule has 7 nitrogen and oxygen atoms in total. The van der Waals surface area contributed by atoms with E-state index in [1.807, 2.05) is 66.5 Å². The van der Waals surface area contributed by atoms with E-state index in [-0.39, 0.29) is 30.5 Å². The number of carbonyl (C=O) groups excluding carboxylic acids is 1. The van der Waals surface area contributed by atoms with Gasteiger partial charge in [-0.3, -0.25) is 9.59 Å². The monoisotopic (exact) mass is 495 g/mol. The molecule has 1 unspecified atom stereocenters. The van der Waals surface area contributed by atoms with Gasteiger partial charge in [-0.15, -0.1) is 0 Å². The van der Waals surface area contributed by atoms with Crippen LogP contribution in [0.3, 0.4) is 0 Å². The number of carboxylic acid groups (broad SMARTS) is 1. The molecular formula is C30H29N3O4. The molecule has 2 atom stereocenters. The molecule has 0 aliphatic carbocycles. The third-order valence-corrected chi connectivity index (χ3v) is 6.31. The van der Waals surface area contributed by atoms with Crippen molar-refractivity contribution in [2.24, 2.45) is 0 Å². The van der Waals surface area contributed by atoms with E-state index >= 15 is 0 Å². The summed E-state index contributed by atoms with van der Waals surface area (Å²) in [4.78, 5) is 32.0. The van der Waals surface area contributed by atoms with Gasteiger partial charge in [0.15, 0.2) is 5.78 Å². The second-order valence-corrected chi connectivity index (χ2v) is 8.77. The summed E-state index contributed by atoms with van der Waals surface area (Å²) >= 11 is 0. The molecule has 1 heterocycles. The van der Waals surface area contributed by atoms with Crippen molar-refractivity contribution in [3.05, 3.63) is 126 Å². The topological polar surface area (TPSA) is 103 Å². The minimum Gasteiger partial charge on any atom is -0.508 e. The molecular weight excluding hydrogens is 466 g/mol. The Labute approximate surface area is 216 Å². The molecule has 37 heavy (non-hydrogen) atoms. The number of hydrogen-bond acceptors (Lipinski definition) is 6. The van der Waals surface area contributed by atoms with E-state index in [0.29, 0.717) is 16.9 Å². The fraction of sp³-hybridized carbons (Fsp3) is 0.167. The number of nitrogens with zero attached hydrogens (tertiary/aromatic N) is 2. The maximum absolute atomic E-state index is 13.5. The Morgan fingerprint density at radius 1 is 0.892 bits per heavy atom. The summed E-state index contributed by atoms with van der Waals surface area (Å²) in [6, 6.07) is 27.3. The van der Waals surface area contributed by atoms with Gasteiger partial charge in [-0.2, -0.15) is 0 Å². The molecule has 0 spiro atoms. The van der Waals surface area contributed by atoms with Gasteiger partial charge in [0.25, 0.3) is 0 Å². The molecule has 0 fully saturated rings. The number of hydrogen-bond donors (Lipinski definition) is 3. The highest BCUT2D eigenvalue weighted by Gasteiger charge is 2.27. The molecule has 7 heteroatoms. The van der Waals surface area contributed by atoms with E-state index in [1.54, 1.807) is 36.5 Å². The van der Waals surface area contributed by atoms with Gasteiger partial charge in [0, 0.05) is 30.9 Å². The molecule has 0 radical (unpaired) electrons. The lowest BCUT2D eigenvalue weighted by Gasteiger charge is -2.32. The Hall–Kier alpha value is -4.49. The van der Waals surface area contributed by atoms with Crippen LogP contribution in [0, 0.1) is 0 Å². The Kier molecular flexibility index (Phi) is 8.28. The van der Waals surface area contributed by atoms with Crippen molar-refractivity contribution in [3.63, 3.8) is 0 Å². The van der Waals surface area contributed by atoms with E-state index < -0.39 is 12.0 Å². The molecule has 4 aromatic rings. The third-order valence-electron chi connectivity index (χ3n) is 6.31. The van der Waals surface area contributed by atoms with Crippen molar-refractivity contribution in [3.8, 4) is 5.75 Å². The molecule has 3 aromatic carbocycles. The second-order valence-electron chi connectivity index (χ2n) is 8.77. The van der Waals surface area contributed by atoms with Gasteiger partial charge >= 0.3 is 5.97 Å². The van der Waals surface area contributed by atoms with Crippen LogP contribution in [-0.2, 0) is 11.2 Å². The van der Waals surface area contributed by atoms with Gasteiger partial charge in [-0.25, -0.2) is 4.98 Å². The minimum atomic E-state index is -0.985. The summed E-state index contributed by atoms with van der Waals surface area (Å²) in [7, 11) is 1.88. The lowest BCUT2D eigenvalue weighted by Crippen LogP contribution is -2.44. The standard InChI is InChI=1S/C30H29N3O4/c1-33(28-13-7-8-18-31-28)27(20-32-26(30(36)37)19-21-14-16-23(34)17-15-21)24-11-5-6-12-25(24)29(35)22-9-3-2-4-10-22/h2-18,26-27,32,34H,19-20H2,1H3,(H,36,37)/t26-,27?/m0/s1. The van der Waals surface area contributed by atoms with Gasteiger partial charge in [0.2, 0.25) is 0 Å². The Morgan fingerprint density at radius 2 is 1.57 bits per heavy atom. The number of carboxylic acids is 1. The number of nitrogens with one attached hydrogen (secondary N) is 1. The minimum absolute atomic E-state index is 0.102. The van der Waals surface area contributed by atoms with E-state index in [4.69, 9.17) is 0 Å². The average molecular weight is 496 g/mol. The van der Waals surface area contributed by atoms with Crippen molar-refractivity contribution in [2.75, 3.05) is 18.5 Å². The van der Waals surface area contributed by atoms with E-state index in [9.17, 15) is 19.8 Å². The SMILES string of the molecule is CN(c1ccccn1)C(CN[C@@H](Cc1ccc(O)cc1)C(=O)O)c1ccccc1C(=O)c1ccccc1. The number of aliphatic carboxylic acids is 1. The molecule has 0 aliphatic heterocycles. The van der Waals surface area contributed by atoms with Crippen LogP contribution in [0.5, 0.6) is 5.75 Å². The molecule has 0 aliphatic rings. The Balaban J connectivity index is 1.66. The number of phenols is 1. The van der Waals surface area contributed by atoms with Crippen LogP contribution in [0.1, 0.15) is 33.1 Å². The summed E-state index contributed by atoms with van der Waals surface area (Å²) in [5.74, 6) is -0.266. The second kappa shape index (κ2) is 12.0. The van der Waals surface area contributed by atoms with Crippen LogP contribution in [0.15, 0.2) is 103 Å². The first-order valence-electron chi connectivity index (χ1n) is 12.0. The predicted molar refractivity (Wildman–Crippen MR) is 143 cm³/mol. The average Bonchev–Trinajstić information content (AvgIpc) is 2.94. The summed E-state index contributed by atoms with van der Waals surface area (Å²) in [6.45, 7) is 0.251. The lowest BCUT2D eigenvalue weighted by atomic mass is 9.93. The van der Waals surface area contributed by atoms with Crippen molar-refractivity contribution in [1.82, 2.24) is 10.3 Å². The van der Waals surface area contributed by atoms with Gasteiger partial charge in [-0.05, 0) is 41.8 Å². The highest BCUT2D eigenvalue weighted by Crippen LogP contribution is 2.28. The maximum Gasteiger partial charge on any atom is 0.321 e. The molecule has 0 bridgehead atoms. The lowest BCUT2D eigenvalue weighted by molar-refractivity contribution is -0.139. The molecule has 4 rings (SSSR count). The molecule has 1 aromatic heterocycles. The molecule has 3 N–H and O–H groups in total. The van der Waals surface area contributed by atoms with Crippen LogP contribution in [-0.4, -0.2) is 46.6 Å². The zero-order chi connectivity index (χ0) is 26.2. The molecule has 0 amide bonds. The van der Waals surface area contributed by atoms with Crippen molar-refractivity contribution in [1.29, 1.82) is 0 Å². The number of aromatic hydroxyl groups is 1. The summed E-state index contributed by atoms with van der Waals surface area (Å²) < 4.78 is 0. The fourth-order valence-corrected chi connectivity index (χ4v) is 4.29. The van der Waals surface area contributed by atoms with Crippen LogP contribution >= 0.6 is 0 Å². The number of benzene rings is 3. The number of anilines is 1. The van der Waals surface area contributed by atoms with Crippen LogP contribution in [0.25, 0.3) is 0 Å². The first-order chi connectivity index (χ1) is 17.9. The van der Waals surface area contributed by atoms with E-state index in [2.05, 4.69) is 10.3 Å². The zero-order valence-electron chi connectivity index (χ0n) is 20.5. The maximum atomic E-state index is 13.5. The number of rotatable bonds is 11. The van der Waals surface area contributed by atoms with Crippen LogP contribution in [0.2, 0.25) is 0 Å². The number of pyridine rings is 1. The molecule has 188 valence electrons. The Morgan fingerprint density at radius 3 is 2.24 bits per heavy atom. The predicted octanol–water partition coefficient (Wildman–Crippen LogP) is 4.48. The Bertz CT molecular complexity index is 1330. The quantitative estimate of drug-likeness (QED) is 0.264. The van der Waals surface area contributed by atoms with E-state index in [1.165, 1.54) is 12.1 Å². The largest absolute Gasteiger partial charge is 0.508 e. The summed E-state index contributed by atoms with van der Waals surface area (Å²) in [5, 5.41) is 22.7. The zero-order valence-corrected chi connectivity index (χ0v) is 20.5. The first kappa shape index (κ1) is 25.6. The van der Waals surface area contributed by atoms with Crippen LogP contribution in [0.4, 0.5) is 5.82 Å². The van der Waals surface area contributed by atoms with Crippen molar-refractivity contribution < 1.29 is 19.8 Å². The van der Waals surface area contributed by atoms with E-state index in [0.717, 1.165) is 11.1 Å². The molecule has 0 saturated carbocycles. The van der Waals surface area contributed by atoms with Crippen molar-refractivity contribution in [2.45, 2.75) is 18.5 Å². The smallest absolute Gasteiger partial charge is 0.321 e. The first-order valence-corrected chi connectivity index (χ1v) is 12.0. The summed E-state index contributed by atoms with van der Waals surface area (Å²) in [6.07, 6.45) is 1.93. The number of likely N-dealkylation sites (N-methyl/N-ethyl adjacent to an activating group) is 1. The van der Waals surface area contributed by atoms with Gasteiger partial charge in [-0.1, -0.05) is 72.8 Å². The molecule has 0 saturated heterocycles. The number of aromatic nitrogens is 1. The van der Waals surface area contributed by atoms with Crippen LogP contribution < -0.4 is 10.2 Å². The summed E-state index contributed by atoms with van der Waals surface area (Å²) in [5.41, 5.74) is 2.68. The van der Waals surface area contributed by atoms with Gasteiger partial charge in [0.1, 0.15) is 17.6 Å². The van der Waals surface area contributed by atoms with Crippen molar-refractivity contribution >= 4 is 17.6 Å². The highest BCUT2D eigenvalue weighted by molar-refractivity contribution is 6.10. The normalized spacial score (nSPS) is 12.5. The third kappa shape index (κ3) is 6.39.